The Morgan fingerprint density at radius 2 is 2.13 bits per heavy atom. The van der Waals surface area contributed by atoms with E-state index in [2.05, 4.69) is 34.0 Å². The number of likely N-dealkylation sites (N-methyl/N-ethyl adjacent to an activating group) is 2. The first-order valence-electron chi connectivity index (χ1n) is 8.47. The van der Waals surface area contributed by atoms with Gasteiger partial charge in [-0.25, -0.2) is 0 Å². The third-order valence-electron chi connectivity index (χ3n) is 4.97. The first-order valence-corrected chi connectivity index (χ1v) is 8.47. The lowest BCUT2D eigenvalue weighted by molar-refractivity contribution is 0.0778. The maximum atomic E-state index is 5.47. The second-order valence-electron chi connectivity index (χ2n) is 6.82. The van der Waals surface area contributed by atoms with Crippen molar-refractivity contribution in [3.05, 3.63) is 11.7 Å². The van der Waals surface area contributed by atoms with Gasteiger partial charge in [0.25, 0.3) is 0 Å². The van der Waals surface area contributed by atoms with Crippen molar-refractivity contribution in [2.45, 2.75) is 43.9 Å². The van der Waals surface area contributed by atoms with E-state index in [1.165, 1.54) is 0 Å². The summed E-state index contributed by atoms with van der Waals surface area (Å²) < 4.78 is 16.3. The number of aromatic nitrogens is 2. The normalized spacial score (nSPS) is 27.1. The monoisotopic (exact) mass is 324 g/mol. The van der Waals surface area contributed by atoms with Crippen LogP contribution in [0.4, 0.5) is 0 Å². The fourth-order valence-corrected chi connectivity index (χ4v) is 3.52. The molecule has 2 atom stereocenters. The minimum absolute atomic E-state index is 0.351. The first-order chi connectivity index (χ1) is 11.2. The Labute approximate surface area is 137 Å². The Morgan fingerprint density at radius 3 is 2.83 bits per heavy atom. The summed E-state index contributed by atoms with van der Waals surface area (Å²) >= 11 is 0. The smallest absolute Gasteiger partial charge is 0.229 e. The molecule has 0 aliphatic carbocycles. The molecule has 7 heteroatoms. The molecule has 0 saturated carbocycles. The fourth-order valence-electron chi connectivity index (χ4n) is 3.52. The summed E-state index contributed by atoms with van der Waals surface area (Å²) in [6.07, 6.45) is 3.38. The molecule has 0 unspecified atom stereocenters. The van der Waals surface area contributed by atoms with Crippen LogP contribution in [0.25, 0.3) is 0 Å². The summed E-state index contributed by atoms with van der Waals surface area (Å²) in [4.78, 5) is 9.22. The van der Waals surface area contributed by atoms with Gasteiger partial charge in [0.2, 0.25) is 5.89 Å². The fraction of sp³-hybridized carbons (Fsp3) is 0.875. The third-order valence-corrected chi connectivity index (χ3v) is 4.97. The van der Waals surface area contributed by atoms with Crippen LogP contribution < -0.4 is 0 Å². The molecule has 0 amide bonds. The summed E-state index contributed by atoms with van der Waals surface area (Å²) in [6, 6.07) is 0.520. The molecule has 0 N–H and O–H groups in total. The highest BCUT2D eigenvalue weighted by Crippen LogP contribution is 2.25. The van der Waals surface area contributed by atoms with Gasteiger partial charge in [0.15, 0.2) is 5.82 Å². The first kappa shape index (κ1) is 16.8. The zero-order valence-corrected chi connectivity index (χ0v) is 14.4. The van der Waals surface area contributed by atoms with Crippen molar-refractivity contribution in [3.8, 4) is 0 Å². The molecule has 3 rings (SSSR count). The highest BCUT2D eigenvalue weighted by molar-refractivity contribution is 4.95. The van der Waals surface area contributed by atoms with Gasteiger partial charge in [-0.15, -0.1) is 0 Å². The van der Waals surface area contributed by atoms with E-state index in [1.54, 1.807) is 7.11 Å². The molecule has 0 spiro atoms. The van der Waals surface area contributed by atoms with E-state index in [1.807, 2.05) is 0 Å². The molecule has 2 saturated heterocycles. The van der Waals surface area contributed by atoms with Gasteiger partial charge in [0.05, 0.1) is 12.6 Å². The van der Waals surface area contributed by atoms with Crippen LogP contribution in [0.2, 0.25) is 0 Å². The van der Waals surface area contributed by atoms with E-state index in [-0.39, 0.29) is 0 Å². The molecule has 0 aromatic carbocycles. The van der Waals surface area contributed by atoms with Gasteiger partial charge in [0, 0.05) is 45.4 Å². The van der Waals surface area contributed by atoms with Gasteiger partial charge in [-0.05, 0) is 33.4 Å². The molecule has 7 nitrogen and oxygen atoms in total. The lowest BCUT2D eigenvalue weighted by Gasteiger charge is -2.24. The Kier molecular flexibility index (Phi) is 5.63. The molecule has 2 aliphatic rings. The van der Waals surface area contributed by atoms with Crippen LogP contribution in [-0.2, 0) is 16.0 Å². The summed E-state index contributed by atoms with van der Waals surface area (Å²) in [5.74, 6) is 1.91. The van der Waals surface area contributed by atoms with Gasteiger partial charge in [-0.3, -0.25) is 9.80 Å². The second-order valence-corrected chi connectivity index (χ2v) is 6.82. The van der Waals surface area contributed by atoms with E-state index in [9.17, 15) is 0 Å². The molecule has 1 aromatic rings. The maximum Gasteiger partial charge on any atom is 0.229 e. The van der Waals surface area contributed by atoms with E-state index in [0.29, 0.717) is 24.6 Å². The van der Waals surface area contributed by atoms with Crippen LogP contribution in [0.1, 0.15) is 36.9 Å². The highest BCUT2D eigenvalue weighted by Gasteiger charge is 2.30. The number of likely N-dealkylation sites (tertiary alicyclic amines) is 1. The van der Waals surface area contributed by atoms with Crippen LogP contribution in [-0.4, -0.2) is 79.6 Å². The molecule has 23 heavy (non-hydrogen) atoms. The summed E-state index contributed by atoms with van der Waals surface area (Å²) in [7, 11) is 6.06. The molecule has 1 aromatic heterocycles. The van der Waals surface area contributed by atoms with Gasteiger partial charge >= 0.3 is 0 Å². The zero-order chi connectivity index (χ0) is 16.2. The molecular weight excluding hydrogens is 296 g/mol. The highest BCUT2D eigenvalue weighted by atomic mass is 16.5. The number of ether oxygens (including phenoxy) is 2. The summed E-state index contributed by atoms with van der Waals surface area (Å²) in [5, 5.41) is 4.15. The third kappa shape index (κ3) is 4.29. The van der Waals surface area contributed by atoms with E-state index >= 15 is 0 Å². The quantitative estimate of drug-likeness (QED) is 0.777. The molecule has 0 radical (unpaired) electrons. The van der Waals surface area contributed by atoms with Gasteiger partial charge < -0.3 is 14.0 Å². The van der Waals surface area contributed by atoms with Crippen molar-refractivity contribution in [1.82, 2.24) is 19.9 Å². The second kappa shape index (κ2) is 7.70. The maximum absolute atomic E-state index is 5.47. The number of hydrogen-bond donors (Lipinski definition) is 0. The molecule has 130 valence electrons. The van der Waals surface area contributed by atoms with Crippen molar-refractivity contribution >= 4 is 0 Å². The predicted molar refractivity (Wildman–Crippen MR) is 85.3 cm³/mol. The minimum atomic E-state index is 0.351. The zero-order valence-electron chi connectivity index (χ0n) is 14.4. The van der Waals surface area contributed by atoms with Gasteiger partial charge in [0.1, 0.15) is 0 Å². The average Bonchev–Trinajstić information content (AvgIpc) is 3.15. The Balaban J connectivity index is 1.50. The molecule has 3 heterocycles. The van der Waals surface area contributed by atoms with Crippen molar-refractivity contribution in [2.24, 2.45) is 0 Å². The number of rotatable bonds is 6. The van der Waals surface area contributed by atoms with Crippen molar-refractivity contribution < 1.29 is 14.0 Å². The Bertz CT molecular complexity index is 489. The SMILES string of the molecule is CO[C@H]1C[C@@H](CN(C)Cc2noc(C3CCOCC3)n2)N(C)C1. The summed E-state index contributed by atoms with van der Waals surface area (Å²) in [5.41, 5.74) is 0. The van der Waals surface area contributed by atoms with E-state index in [0.717, 1.165) is 57.3 Å². The van der Waals surface area contributed by atoms with Crippen LogP contribution in [0, 0.1) is 0 Å². The largest absolute Gasteiger partial charge is 0.381 e. The Hall–Kier alpha value is -1.02. The number of hydrogen-bond acceptors (Lipinski definition) is 7. The molecule has 2 fully saturated rings. The van der Waals surface area contributed by atoms with Crippen molar-refractivity contribution in [3.63, 3.8) is 0 Å². The predicted octanol–water partition coefficient (Wildman–Crippen LogP) is 1.11. The molecule has 2 aliphatic heterocycles. The molecular formula is C16H28N4O3. The lowest BCUT2D eigenvalue weighted by atomic mass is 10.0. The number of methoxy groups -OCH3 is 1. The van der Waals surface area contributed by atoms with Crippen molar-refractivity contribution in [1.29, 1.82) is 0 Å². The average molecular weight is 324 g/mol. The van der Waals surface area contributed by atoms with Gasteiger partial charge in [-0.1, -0.05) is 5.16 Å². The van der Waals surface area contributed by atoms with E-state index < -0.39 is 0 Å². The van der Waals surface area contributed by atoms with E-state index in [4.69, 9.17) is 14.0 Å². The van der Waals surface area contributed by atoms with Crippen LogP contribution in [0.15, 0.2) is 4.52 Å². The van der Waals surface area contributed by atoms with Crippen LogP contribution in [0.3, 0.4) is 0 Å². The standard InChI is InChI=1S/C16H28N4O3/c1-19(9-13-8-14(21-3)10-20(13)2)11-15-17-16(23-18-15)12-4-6-22-7-5-12/h12-14H,4-11H2,1-3H3/t13-,14-/m0/s1. The topological polar surface area (TPSA) is 63.9 Å². The van der Waals surface area contributed by atoms with Crippen molar-refractivity contribution in [2.75, 3.05) is 47.5 Å². The van der Waals surface area contributed by atoms with Gasteiger partial charge in [-0.2, -0.15) is 4.98 Å². The van der Waals surface area contributed by atoms with Crippen LogP contribution >= 0.6 is 0 Å². The van der Waals surface area contributed by atoms with Crippen LogP contribution in [0.5, 0.6) is 0 Å². The summed E-state index contributed by atoms with van der Waals surface area (Å²) in [6.45, 7) is 4.28. The lowest BCUT2D eigenvalue weighted by Crippen LogP contribution is -2.36. The number of nitrogens with zero attached hydrogens (tertiary/aromatic N) is 4. The molecule has 0 bridgehead atoms. The Morgan fingerprint density at radius 1 is 1.35 bits per heavy atom. The minimum Gasteiger partial charge on any atom is -0.381 e.